The molecule has 0 aliphatic carbocycles. The monoisotopic (exact) mass is 566 g/mol. The van der Waals surface area contributed by atoms with Crippen LogP contribution in [0, 0.1) is 0 Å². The van der Waals surface area contributed by atoms with E-state index < -0.39 is 0 Å². The number of rotatable bonds is 6. The predicted octanol–water partition coefficient (Wildman–Crippen LogP) is 10.7. The number of hydrogen-bond donors (Lipinski definition) is 1. The summed E-state index contributed by atoms with van der Waals surface area (Å²) in [5.74, 6) is 1.97. The van der Waals surface area contributed by atoms with Crippen LogP contribution in [0.1, 0.15) is 11.3 Å². The standard InChI is InChI=1S/C41H30N2O/c1-3-9-29(10-4-1)31-15-17-32(18-16-31)34-21-25-36(26-22-34)43(35-23-19-33(20-24-35)30-11-5-2-6-12-30)41-27-38-37-13-7-8-14-39(37)44-40(38)28-42-41/h1-27,42H,28H2. The van der Waals surface area contributed by atoms with Crippen molar-refractivity contribution in [2.24, 2.45) is 0 Å². The fraction of sp³-hybridized carbons (Fsp3) is 0.0244. The summed E-state index contributed by atoms with van der Waals surface area (Å²) in [7, 11) is 0. The topological polar surface area (TPSA) is 28.4 Å². The molecule has 210 valence electrons. The van der Waals surface area contributed by atoms with E-state index in [-0.39, 0.29) is 0 Å². The summed E-state index contributed by atoms with van der Waals surface area (Å²) in [4.78, 5) is 2.29. The van der Waals surface area contributed by atoms with Crippen LogP contribution in [0.4, 0.5) is 11.4 Å². The van der Waals surface area contributed by atoms with Gasteiger partial charge in [-0.25, -0.2) is 0 Å². The molecule has 1 N–H and O–H groups in total. The Kier molecular flexibility index (Phi) is 6.54. The number of anilines is 2. The maximum atomic E-state index is 6.17. The SMILES string of the molecule is C1=C(N(c2ccc(-c3ccccc3)cc2)c2ccc(-c3ccc(-c4ccccc4)cc3)cc2)NCc2oc3ccccc3c21. The molecule has 0 amide bonds. The molecular weight excluding hydrogens is 536 g/mol. The molecule has 0 saturated heterocycles. The quantitative estimate of drug-likeness (QED) is 0.217. The third kappa shape index (κ3) is 4.85. The largest absolute Gasteiger partial charge is 0.459 e. The van der Waals surface area contributed by atoms with Crippen LogP contribution >= 0.6 is 0 Å². The van der Waals surface area contributed by atoms with E-state index in [4.69, 9.17) is 4.42 Å². The number of benzene rings is 6. The first-order valence-electron chi connectivity index (χ1n) is 15.0. The Bertz CT molecular complexity index is 2070. The molecule has 0 unspecified atom stereocenters. The summed E-state index contributed by atoms with van der Waals surface area (Å²) < 4.78 is 6.17. The van der Waals surface area contributed by atoms with E-state index >= 15 is 0 Å². The molecule has 1 aliphatic heterocycles. The number of para-hydroxylation sites is 1. The normalized spacial score (nSPS) is 12.3. The van der Waals surface area contributed by atoms with Gasteiger partial charge in [0, 0.05) is 22.3 Å². The van der Waals surface area contributed by atoms with Crippen molar-refractivity contribution in [2.45, 2.75) is 6.54 Å². The van der Waals surface area contributed by atoms with Gasteiger partial charge in [0.1, 0.15) is 17.2 Å². The van der Waals surface area contributed by atoms with Gasteiger partial charge in [0.2, 0.25) is 0 Å². The maximum absolute atomic E-state index is 6.17. The summed E-state index contributed by atoms with van der Waals surface area (Å²) in [6.45, 7) is 0.625. The number of furan rings is 1. The number of hydrogen-bond acceptors (Lipinski definition) is 3. The van der Waals surface area contributed by atoms with Crippen molar-refractivity contribution < 1.29 is 4.42 Å². The zero-order valence-electron chi connectivity index (χ0n) is 24.2. The molecule has 6 aromatic carbocycles. The Morgan fingerprint density at radius 2 is 0.886 bits per heavy atom. The van der Waals surface area contributed by atoms with E-state index in [1.165, 1.54) is 33.4 Å². The molecule has 0 spiro atoms. The van der Waals surface area contributed by atoms with Gasteiger partial charge in [-0.15, -0.1) is 0 Å². The lowest BCUT2D eigenvalue weighted by Gasteiger charge is -2.30. The molecule has 0 radical (unpaired) electrons. The molecule has 1 aromatic heterocycles. The summed E-state index contributed by atoms with van der Waals surface area (Å²) in [5.41, 5.74) is 11.4. The first-order valence-corrected chi connectivity index (χ1v) is 15.0. The molecule has 0 saturated carbocycles. The minimum absolute atomic E-state index is 0.625. The van der Waals surface area contributed by atoms with Gasteiger partial charge in [-0.05, 0) is 69.8 Å². The van der Waals surface area contributed by atoms with Crippen LogP contribution in [0.3, 0.4) is 0 Å². The van der Waals surface area contributed by atoms with Gasteiger partial charge >= 0.3 is 0 Å². The highest BCUT2D eigenvalue weighted by atomic mass is 16.3. The average molecular weight is 567 g/mol. The maximum Gasteiger partial charge on any atom is 0.135 e. The molecule has 8 rings (SSSR count). The van der Waals surface area contributed by atoms with Gasteiger partial charge < -0.3 is 9.73 Å². The summed E-state index contributed by atoms with van der Waals surface area (Å²) in [5, 5.41) is 4.78. The summed E-state index contributed by atoms with van der Waals surface area (Å²) in [6, 6.07) is 55.7. The van der Waals surface area contributed by atoms with E-state index in [0.717, 1.165) is 39.5 Å². The van der Waals surface area contributed by atoms with Crippen LogP contribution in [0.25, 0.3) is 50.4 Å². The predicted molar refractivity (Wildman–Crippen MR) is 182 cm³/mol. The molecule has 44 heavy (non-hydrogen) atoms. The van der Waals surface area contributed by atoms with Gasteiger partial charge in [-0.3, -0.25) is 4.90 Å². The third-order valence-corrected chi connectivity index (χ3v) is 8.35. The number of nitrogens with zero attached hydrogens (tertiary/aromatic N) is 1. The van der Waals surface area contributed by atoms with Gasteiger partial charge in [-0.1, -0.05) is 127 Å². The second-order valence-corrected chi connectivity index (χ2v) is 11.1. The van der Waals surface area contributed by atoms with E-state index in [0.29, 0.717) is 6.54 Å². The van der Waals surface area contributed by atoms with Crippen molar-refractivity contribution in [1.82, 2.24) is 5.32 Å². The smallest absolute Gasteiger partial charge is 0.135 e. The molecule has 3 nitrogen and oxygen atoms in total. The summed E-state index contributed by atoms with van der Waals surface area (Å²) >= 11 is 0. The highest BCUT2D eigenvalue weighted by Crippen LogP contribution is 2.37. The molecule has 0 atom stereocenters. The minimum atomic E-state index is 0.625. The minimum Gasteiger partial charge on any atom is -0.459 e. The van der Waals surface area contributed by atoms with E-state index in [1.807, 2.05) is 12.1 Å². The molecule has 0 fully saturated rings. The van der Waals surface area contributed by atoms with Gasteiger partial charge in [0.25, 0.3) is 0 Å². The fourth-order valence-corrected chi connectivity index (χ4v) is 6.06. The van der Waals surface area contributed by atoms with Crippen LogP contribution < -0.4 is 10.2 Å². The van der Waals surface area contributed by atoms with E-state index in [1.54, 1.807) is 0 Å². The van der Waals surface area contributed by atoms with Crippen LogP contribution in [-0.4, -0.2) is 0 Å². The zero-order valence-corrected chi connectivity index (χ0v) is 24.2. The summed E-state index contributed by atoms with van der Waals surface area (Å²) in [6.07, 6.45) is 2.21. The van der Waals surface area contributed by atoms with Crippen molar-refractivity contribution in [1.29, 1.82) is 0 Å². The molecular formula is C41H30N2O. The highest BCUT2D eigenvalue weighted by molar-refractivity contribution is 5.91. The van der Waals surface area contributed by atoms with Crippen molar-refractivity contribution >= 4 is 28.4 Å². The number of nitrogens with one attached hydrogen (secondary N) is 1. The number of fused-ring (bicyclic) bond motifs is 3. The second kappa shape index (κ2) is 11.1. The first-order chi connectivity index (χ1) is 21.8. The molecule has 2 heterocycles. The highest BCUT2D eigenvalue weighted by Gasteiger charge is 2.23. The van der Waals surface area contributed by atoms with Crippen LogP contribution in [0.2, 0.25) is 0 Å². The molecule has 3 heteroatoms. The molecule has 1 aliphatic rings. The van der Waals surface area contributed by atoms with E-state index in [2.05, 4.69) is 162 Å². The lowest BCUT2D eigenvalue weighted by Crippen LogP contribution is -2.29. The van der Waals surface area contributed by atoms with E-state index in [9.17, 15) is 0 Å². The molecule has 7 aromatic rings. The Hall–Kier alpha value is -5.80. The van der Waals surface area contributed by atoms with Gasteiger partial charge in [0.05, 0.1) is 6.54 Å². The molecule has 0 bridgehead atoms. The Morgan fingerprint density at radius 1 is 0.455 bits per heavy atom. The van der Waals surface area contributed by atoms with Crippen molar-refractivity contribution in [3.05, 3.63) is 175 Å². The van der Waals surface area contributed by atoms with Crippen molar-refractivity contribution in [3.8, 4) is 33.4 Å². The third-order valence-electron chi connectivity index (χ3n) is 8.35. The second-order valence-electron chi connectivity index (χ2n) is 11.1. The van der Waals surface area contributed by atoms with Crippen LogP contribution in [0.15, 0.2) is 168 Å². The van der Waals surface area contributed by atoms with Gasteiger partial charge in [-0.2, -0.15) is 0 Å². The van der Waals surface area contributed by atoms with Crippen LogP contribution in [0.5, 0.6) is 0 Å². The Morgan fingerprint density at radius 3 is 1.41 bits per heavy atom. The van der Waals surface area contributed by atoms with Gasteiger partial charge in [0.15, 0.2) is 0 Å². The Balaban J connectivity index is 1.17. The van der Waals surface area contributed by atoms with Crippen LogP contribution in [-0.2, 0) is 6.54 Å². The first kappa shape index (κ1) is 25.9. The zero-order chi connectivity index (χ0) is 29.3. The lowest BCUT2D eigenvalue weighted by atomic mass is 10.00. The Labute approximate surface area is 257 Å². The fourth-order valence-electron chi connectivity index (χ4n) is 6.06. The average Bonchev–Trinajstić information content (AvgIpc) is 3.48. The lowest BCUT2D eigenvalue weighted by molar-refractivity contribution is 0.525. The van der Waals surface area contributed by atoms with Crippen molar-refractivity contribution in [3.63, 3.8) is 0 Å². The van der Waals surface area contributed by atoms with Crippen molar-refractivity contribution in [2.75, 3.05) is 4.90 Å².